The van der Waals surface area contributed by atoms with Crippen molar-refractivity contribution in [1.82, 2.24) is 4.98 Å². The first kappa shape index (κ1) is 16.7. The first-order valence-corrected chi connectivity index (χ1v) is 9.07. The van der Waals surface area contributed by atoms with Crippen LogP contribution in [0.3, 0.4) is 0 Å². The van der Waals surface area contributed by atoms with Crippen LogP contribution in [0.5, 0.6) is 5.75 Å². The molecule has 5 nitrogen and oxygen atoms in total. The Balaban J connectivity index is 2.20. The Bertz CT molecular complexity index is 959. The van der Waals surface area contributed by atoms with Crippen molar-refractivity contribution in [3.63, 3.8) is 0 Å². The smallest absolute Gasteiger partial charge is 0.308 e. The molecule has 0 spiro atoms. The van der Waals surface area contributed by atoms with Crippen molar-refractivity contribution < 1.29 is 14.6 Å². The Morgan fingerprint density at radius 3 is 2.62 bits per heavy atom. The molecule has 24 heavy (non-hydrogen) atoms. The fourth-order valence-electron chi connectivity index (χ4n) is 2.58. The zero-order valence-electron chi connectivity index (χ0n) is 12.8. The topological polar surface area (TPSA) is 79.4 Å². The highest BCUT2D eigenvalue weighted by Gasteiger charge is 2.18. The van der Waals surface area contributed by atoms with Crippen LogP contribution in [-0.2, 0) is 16.5 Å². The summed E-state index contributed by atoms with van der Waals surface area (Å²) >= 11 is 4.94. The van der Waals surface area contributed by atoms with Gasteiger partial charge < -0.3 is 14.8 Å². The number of H-pyrrole nitrogens is 1. The molecule has 0 bridgehead atoms. The average molecular weight is 408 g/mol. The van der Waals surface area contributed by atoms with E-state index in [0.717, 1.165) is 26.6 Å². The van der Waals surface area contributed by atoms with Crippen molar-refractivity contribution >= 4 is 43.5 Å². The maximum Gasteiger partial charge on any atom is 0.308 e. The zero-order valence-corrected chi connectivity index (χ0v) is 15.2. The molecule has 7 heteroatoms. The third kappa shape index (κ3) is 2.97. The standard InChI is InChI=1S/C17H14BrNO4S/c1-23-11-4-2-9(3-5-11)16-12(7-18)14-15(22)10(6-13(20)21)8-19-17(14)24-16/h2-5,8H,6-7H2,1H3,(H,19,22)(H,20,21). The van der Waals surface area contributed by atoms with Gasteiger partial charge in [0.05, 0.1) is 18.9 Å². The molecule has 0 amide bonds. The molecule has 0 saturated heterocycles. The SMILES string of the molecule is COc1ccc(-c2sc3[nH]cc(CC(=O)O)c(=O)c3c2CBr)cc1. The number of alkyl halides is 1. The number of aromatic nitrogens is 1. The van der Waals surface area contributed by atoms with Crippen molar-refractivity contribution in [2.75, 3.05) is 7.11 Å². The normalized spacial score (nSPS) is 10.9. The van der Waals surface area contributed by atoms with Gasteiger partial charge in [0.2, 0.25) is 0 Å². The summed E-state index contributed by atoms with van der Waals surface area (Å²) in [5.74, 6) is -0.258. The summed E-state index contributed by atoms with van der Waals surface area (Å²) in [5.41, 5.74) is 1.89. The number of hydrogen-bond donors (Lipinski definition) is 2. The predicted octanol–water partition coefficient (Wildman–Crippen LogP) is 3.79. The highest BCUT2D eigenvalue weighted by molar-refractivity contribution is 9.08. The molecule has 3 rings (SSSR count). The first-order valence-electron chi connectivity index (χ1n) is 7.13. The maximum absolute atomic E-state index is 12.7. The van der Waals surface area contributed by atoms with Crippen molar-refractivity contribution in [3.8, 4) is 16.2 Å². The van der Waals surface area contributed by atoms with Crippen LogP contribution in [0.4, 0.5) is 0 Å². The number of carbonyl (C=O) groups is 1. The molecule has 0 fully saturated rings. The van der Waals surface area contributed by atoms with E-state index in [1.54, 1.807) is 7.11 Å². The van der Waals surface area contributed by atoms with Crippen LogP contribution in [0, 0.1) is 0 Å². The number of benzene rings is 1. The molecule has 124 valence electrons. The minimum Gasteiger partial charge on any atom is -0.497 e. The lowest BCUT2D eigenvalue weighted by Gasteiger charge is -2.04. The molecule has 2 aromatic heterocycles. The summed E-state index contributed by atoms with van der Waals surface area (Å²) in [4.78, 5) is 28.4. The Hall–Kier alpha value is -2.12. The van der Waals surface area contributed by atoms with Gasteiger partial charge in [-0.2, -0.15) is 0 Å². The molecule has 0 aliphatic heterocycles. The number of aliphatic carboxylic acids is 1. The summed E-state index contributed by atoms with van der Waals surface area (Å²) in [5, 5.41) is 10.0. The van der Waals surface area contributed by atoms with E-state index in [1.807, 2.05) is 24.3 Å². The van der Waals surface area contributed by atoms with E-state index in [-0.39, 0.29) is 17.4 Å². The molecule has 3 aromatic rings. The van der Waals surface area contributed by atoms with Gasteiger partial charge in [0, 0.05) is 22.0 Å². The van der Waals surface area contributed by atoms with E-state index in [9.17, 15) is 9.59 Å². The summed E-state index contributed by atoms with van der Waals surface area (Å²) in [6, 6.07) is 7.63. The molecule has 1 aromatic carbocycles. The molecule has 2 N–H and O–H groups in total. The van der Waals surface area contributed by atoms with Gasteiger partial charge in [-0.25, -0.2) is 0 Å². The molecular formula is C17H14BrNO4S. The summed E-state index contributed by atoms with van der Waals surface area (Å²) in [6.07, 6.45) is 1.20. The van der Waals surface area contributed by atoms with Gasteiger partial charge >= 0.3 is 5.97 Å². The Kier molecular flexibility index (Phi) is 4.73. The van der Waals surface area contributed by atoms with E-state index in [1.165, 1.54) is 17.5 Å². The van der Waals surface area contributed by atoms with Crippen LogP contribution in [0.2, 0.25) is 0 Å². The van der Waals surface area contributed by atoms with Crippen LogP contribution in [0.25, 0.3) is 20.7 Å². The average Bonchev–Trinajstić information content (AvgIpc) is 2.96. The molecule has 0 aliphatic rings. The third-order valence-corrected chi connectivity index (χ3v) is 5.50. The number of methoxy groups -OCH3 is 1. The second kappa shape index (κ2) is 6.78. The van der Waals surface area contributed by atoms with Crippen molar-refractivity contribution in [1.29, 1.82) is 0 Å². The Morgan fingerprint density at radius 1 is 1.33 bits per heavy atom. The monoisotopic (exact) mass is 407 g/mol. The molecule has 0 radical (unpaired) electrons. The number of carboxylic acids is 1. The number of hydrogen-bond acceptors (Lipinski definition) is 4. The zero-order chi connectivity index (χ0) is 17.3. The second-order valence-electron chi connectivity index (χ2n) is 5.19. The Morgan fingerprint density at radius 2 is 2.04 bits per heavy atom. The Labute approximate surface area is 150 Å². The van der Waals surface area contributed by atoms with E-state index in [0.29, 0.717) is 10.7 Å². The van der Waals surface area contributed by atoms with Crippen LogP contribution in [0.1, 0.15) is 11.1 Å². The van der Waals surface area contributed by atoms with Crippen LogP contribution in [0.15, 0.2) is 35.3 Å². The van der Waals surface area contributed by atoms with Gasteiger partial charge in [-0.15, -0.1) is 11.3 Å². The largest absolute Gasteiger partial charge is 0.497 e. The van der Waals surface area contributed by atoms with E-state index in [4.69, 9.17) is 9.84 Å². The molecular weight excluding hydrogens is 394 g/mol. The minimum absolute atomic E-state index is 0.225. The van der Waals surface area contributed by atoms with Gasteiger partial charge in [0.1, 0.15) is 10.6 Å². The summed E-state index contributed by atoms with van der Waals surface area (Å²) in [6.45, 7) is 0. The number of rotatable bonds is 5. The fraction of sp³-hybridized carbons (Fsp3) is 0.176. The number of aromatic amines is 1. The lowest BCUT2D eigenvalue weighted by molar-refractivity contribution is -0.136. The number of pyridine rings is 1. The van der Waals surface area contributed by atoms with E-state index >= 15 is 0 Å². The third-order valence-electron chi connectivity index (χ3n) is 3.73. The van der Waals surface area contributed by atoms with Crippen molar-refractivity contribution in [2.24, 2.45) is 0 Å². The van der Waals surface area contributed by atoms with Crippen LogP contribution in [-0.4, -0.2) is 23.2 Å². The lowest BCUT2D eigenvalue weighted by atomic mass is 10.1. The molecule has 0 aliphatic carbocycles. The number of nitrogens with one attached hydrogen (secondary N) is 1. The highest BCUT2D eigenvalue weighted by Crippen LogP contribution is 2.38. The molecule has 0 unspecified atom stereocenters. The van der Waals surface area contributed by atoms with Crippen LogP contribution < -0.4 is 10.2 Å². The van der Waals surface area contributed by atoms with Gasteiger partial charge in [0.25, 0.3) is 0 Å². The van der Waals surface area contributed by atoms with Gasteiger partial charge in [0.15, 0.2) is 5.43 Å². The van der Waals surface area contributed by atoms with Crippen LogP contribution >= 0.6 is 27.3 Å². The lowest BCUT2D eigenvalue weighted by Crippen LogP contribution is -2.14. The highest BCUT2D eigenvalue weighted by atomic mass is 79.9. The quantitative estimate of drug-likeness (QED) is 0.630. The number of fused-ring (bicyclic) bond motifs is 1. The number of thiophene rings is 1. The van der Waals surface area contributed by atoms with Gasteiger partial charge in [-0.05, 0) is 35.4 Å². The minimum atomic E-state index is -1.02. The summed E-state index contributed by atoms with van der Waals surface area (Å²) in [7, 11) is 1.61. The second-order valence-corrected chi connectivity index (χ2v) is 6.77. The van der Waals surface area contributed by atoms with E-state index < -0.39 is 5.97 Å². The summed E-state index contributed by atoms with van der Waals surface area (Å²) < 4.78 is 5.17. The first-order chi connectivity index (χ1) is 11.5. The predicted molar refractivity (Wildman–Crippen MR) is 98.4 cm³/mol. The number of ether oxygens (including phenoxy) is 1. The maximum atomic E-state index is 12.7. The number of halogens is 1. The van der Waals surface area contributed by atoms with Crippen molar-refractivity contribution in [2.45, 2.75) is 11.8 Å². The molecule has 0 atom stereocenters. The fourth-order valence-corrected chi connectivity index (χ4v) is 4.52. The molecule has 2 heterocycles. The van der Waals surface area contributed by atoms with Gasteiger partial charge in [-0.1, -0.05) is 15.9 Å². The van der Waals surface area contributed by atoms with Crippen molar-refractivity contribution in [3.05, 3.63) is 51.8 Å². The van der Waals surface area contributed by atoms with Gasteiger partial charge in [-0.3, -0.25) is 9.59 Å². The number of carboxylic acid groups (broad SMARTS) is 1. The van der Waals surface area contributed by atoms with E-state index in [2.05, 4.69) is 20.9 Å². The molecule has 0 saturated carbocycles.